The molecular weight excluding hydrogens is 382 g/mol. The lowest BCUT2D eigenvalue weighted by atomic mass is 10.0. The number of benzene rings is 1. The Morgan fingerprint density at radius 3 is 2.50 bits per heavy atom. The van der Waals surface area contributed by atoms with E-state index in [0.29, 0.717) is 0 Å². The average Bonchev–Trinajstić information content (AvgIpc) is 2.96. The average molecular weight is 404 g/mol. The largest absolute Gasteiger partial charge is 0.348 e. The highest BCUT2D eigenvalue weighted by Gasteiger charge is 2.20. The van der Waals surface area contributed by atoms with E-state index in [2.05, 4.69) is 10.3 Å². The molecule has 0 aliphatic carbocycles. The number of aryl methyl sites for hydroxylation is 3. The molecule has 9 heteroatoms. The summed E-state index contributed by atoms with van der Waals surface area (Å²) >= 11 is 6.16. The highest BCUT2D eigenvalue weighted by Crippen LogP contribution is 2.18. The molecule has 0 aliphatic rings. The van der Waals surface area contributed by atoms with Crippen molar-refractivity contribution in [1.82, 2.24) is 24.0 Å². The summed E-state index contributed by atoms with van der Waals surface area (Å²) < 4.78 is 3.52. The first-order valence-electron chi connectivity index (χ1n) is 8.80. The third-order valence-electron chi connectivity index (χ3n) is 5.01. The molecule has 3 rings (SSSR count). The van der Waals surface area contributed by atoms with Gasteiger partial charge in [0.05, 0.1) is 6.04 Å². The second-order valence-electron chi connectivity index (χ2n) is 6.98. The molecule has 0 spiro atoms. The predicted molar refractivity (Wildman–Crippen MR) is 108 cm³/mol. The van der Waals surface area contributed by atoms with Gasteiger partial charge in [0.1, 0.15) is 6.54 Å². The number of nitrogens with zero attached hydrogens (tertiary/aromatic N) is 4. The van der Waals surface area contributed by atoms with Gasteiger partial charge < -0.3 is 5.32 Å². The van der Waals surface area contributed by atoms with Crippen molar-refractivity contribution in [3.05, 3.63) is 61.0 Å². The number of rotatable bonds is 4. The maximum absolute atomic E-state index is 12.6. The summed E-state index contributed by atoms with van der Waals surface area (Å²) in [5, 5.41) is 2.88. The molecule has 0 fully saturated rings. The van der Waals surface area contributed by atoms with Gasteiger partial charge in [0.25, 0.3) is 5.56 Å². The smallest absolute Gasteiger partial charge is 0.332 e. The van der Waals surface area contributed by atoms with Crippen molar-refractivity contribution in [3.63, 3.8) is 0 Å². The maximum atomic E-state index is 12.6. The van der Waals surface area contributed by atoms with Crippen LogP contribution >= 0.6 is 11.6 Å². The second-order valence-corrected chi connectivity index (χ2v) is 7.32. The van der Waals surface area contributed by atoms with Crippen molar-refractivity contribution in [2.75, 3.05) is 0 Å². The fraction of sp³-hybridized carbons (Fsp3) is 0.368. The molecule has 28 heavy (non-hydrogen) atoms. The summed E-state index contributed by atoms with van der Waals surface area (Å²) in [6.45, 7) is 5.75. The molecule has 1 atom stereocenters. The molecule has 1 amide bonds. The fourth-order valence-electron chi connectivity index (χ4n) is 3.11. The Bertz CT molecular complexity index is 1200. The van der Waals surface area contributed by atoms with Crippen LogP contribution in [0.4, 0.5) is 0 Å². The van der Waals surface area contributed by atoms with E-state index in [-0.39, 0.29) is 34.9 Å². The number of imidazole rings is 1. The Kier molecular flexibility index (Phi) is 5.16. The van der Waals surface area contributed by atoms with Gasteiger partial charge in [0.2, 0.25) is 11.2 Å². The van der Waals surface area contributed by atoms with Crippen LogP contribution in [0.15, 0.2) is 27.8 Å². The Hall–Kier alpha value is -2.87. The number of nitrogens with one attached hydrogen (secondary N) is 1. The summed E-state index contributed by atoms with van der Waals surface area (Å²) in [7, 11) is 2.87. The van der Waals surface area contributed by atoms with Crippen molar-refractivity contribution in [2.45, 2.75) is 33.4 Å². The van der Waals surface area contributed by atoms with E-state index in [1.54, 1.807) is 0 Å². The zero-order valence-corrected chi connectivity index (χ0v) is 17.2. The van der Waals surface area contributed by atoms with E-state index in [4.69, 9.17) is 11.6 Å². The first kappa shape index (κ1) is 19.9. The highest BCUT2D eigenvalue weighted by atomic mass is 35.5. The molecule has 1 aromatic carbocycles. The van der Waals surface area contributed by atoms with Crippen LogP contribution in [0.1, 0.15) is 29.7 Å². The molecule has 2 aromatic heterocycles. The van der Waals surface area contributed by atoms with E-state index >= 15 is 0 Å². The van der Waals surface area contributed by atoms with Gasteiger partial charge in [-0.3, -0.25) is 23.3 Å². The van der Waals surface area contributed by atoms with Crippen molar-refractivity contribution >= 4 is 28.7 Å². The molecule has 148 valence electrons. The number of hydrogen-bond donors (Lipinski definition) is 1. The van der Waals surface area contributed by atoms with Gasteiger partial charge in [0.15, 0.2) is 11.2 Å². The maximum Gasteiger partial charge on any atom is 0.332 e. The van der Waals surface area contributed by atoms with E-state index < -0.39 is 11.2 Å². The van der Waals surface area contributed by atoms with Crippen molar-refractivity contribution in [3.8, 4) is 0 Å². The summed E-state index contributed by atoms with van der Waals surface area (Å²) in [5.41, 5.74) is 2.51. The zero-order chi connectivity index (χ0) is 20.7. The molecule has 1 N–H and O–H groups in total. The minimum absolute atomic E-state index is 0.0257. The summed E-state index contributed by atoms with van der Waals surface area (Å²) in [6, 6.07) is 5.80. The van der Waals surface area contributed by atoms with Crippen LogP contribution in [0.3, 0.4) is 0 Å². The zero-order valence-electron chi connectivity index (χ0n) is 16.4. The lowest BCUT2D eigenvalue weighted by molar-refractivity contribution is -0.122. The molecule has 0 saturated heterocycles. The van der Waals surface area contributed by atoms with Crippen LogP contribution in [0.5, 0.6) is 0 Å². The summed E-state index contributed by atoms with van der Waals surface area (Å²) in [6.07, 6.45) is 0. The number of aromatic nitrogens is 4. The lowest BCUT2D eigenvalue weighted by Gasteiger charge is -2.16. The first-order chi connectivity index (χ1) is 13.1. The number of fused-ring (bicyclic) bond motifs is 1. The van der Waals surface area contributed by atoms with E-state index in [9.17, 15) is 14.4 Å². The van der Waals surface area contributed by atoms with E-state index in [1.165, 1.54) is 28.8 Å². The van der Waals surface area contributed by atoms with Crippen LogP contribution in [0, 0.1) is 13.8 Å². The molecule has 0 radical (unpaired) electrons. The van der Waals surface area contributed by atoms with Gasteiger partial charge in [-0.2, -0.15) is 4.98 Å². The van der Waals surface area contributed by atoms with Gasteiger partial charge in [-0.05, 0) is 49.1 Å². The fourth-order valence-corrected chi connectivity index (χ4v) is 3.34. The van der Waals surface area contributed by atoms with Gasteiger partial charge in [0, 0.05) is 14.1 Å². The molecule has 0 bridgehead atoms. The lowest BCUT2D eigenvalue weighted by Crippen LogP contribution is -2.38. The quantitative estimate of drug-likeness (QED) is 0.669. The van der Waals surface area contributed by atoms with Gasteiger partial charge in [-0.25, -0.2) is 4.79 Å². The number of carbonyl (C=O) groups is 1. The standard InChI is InChI=1S/C19H22ClN5O3/c1-10-6-7-13(8-11(10)2)12(3)21-14(26)9-25-15-16(22-18(25)20)23(4)19(28)24(5)17(15)27/h6-8,12H,9H2,1-5H3,(H,21,26). The molecule has 2 heterocycles. The third-order valence-corrected chi connectivity index (χ3v) is 5.30. The number of amides is 1. The summed E-state index contributed by atoms with van der Waals surface area (Å²) in [4.78, 5) is 41.3. The van der Waals surface area contributed by atoms with Crippen LogP contribution in [-0.4, -0.2) is 24.6 Å². The monoisotopic (exact) mass is 403 g/mol. The Morgan fingerprint density at radius 1 is 1.18 bits per heavy atom. The second kappa shape index (κ2) is 7.27. The van der Waals surface area contributed by atoms with Crippen LogP contribution in [0.25, 0.3) is 11.2 Å². The molecule has 8 nitrogen and oxygen atoms in total. The van der Waals surface area contributed by atoms with Crippen molar-refractivity contribution < 1.29 is 4.79 Å². The van der Waals surface area contributed by atoms with Gasteiger partial charge in [-0.15, -0.1) is 0 Å². The minimum Gasteiger partial charge on any atom is -0.348 e. The van der Waals surface area contributed by atoms with Crippen molar-refractivity contribution in [1.29, 1.82) is 0 Å². The predicted octanol–water partition coefficient (Wildman–Crippen LogP) is 1.58. The SMILES string of the molecule is Cc1ccc(C(C)NC(=O)Cn2c(Cl)nc3c2c(=O)n(C)c(=O)n3C)cc1C. The molecule has 1 unspecified atom stereocenters. The van der Waals surface area contributed by atoms with Gasteiger partial charge >= 0.3 is 5.69 Å². The topological polar surface area (TPSA) is 90.9 Å². The Morgan fingerprint density at radius 2 is 1.86 bits per heavy atom. The summed E-state index contributed by atoms with van der Waals surface area (Å²) in [5.74, 6) is -0.317. The van der Waals surface area contributed by atoms with Crippen LogP contribution in [-0.2, 0) is 25.4 Å². The highest BCUT2D eigenvalue weighted by molar-refractivity contribution is 6.29. The van der Waals surface area contributed by atoms with Gasteiger partial charge in [-0.1, -0.05) is 18.2 Å². The molecule has 0 saturated carbocycles. The normalized spacial score (nSPS) is 12.4. The van der Waals surface area contributed by atoms with Crippen LogP contribution < -0.4 is 16.6 Å². The van der Waals surface area contributed by atoms with Crippen LogP contribution in [0.2, 0.25) is 5.28 Å². The number of halogens is 1. The molecular formula is C19H22ClN5O3. The molecule has 0 aliphatic heterocycles. The Labute approximate surface area is 166 Å². The number of hydrogen-bond acceptors (Lipinski definition) is 4. The Balaban J connectivity index is 1.91. The van der Waals surface area contributed by atoms with E-state index in [0.717, 1.165) is 15.7 Å². The number of carbonyl (C=O) groups excluding carboxylic acids is 1. The van der Waals surface area contributed by atoms with E-state index in [1.807, 2.05) is 39.0 Å². The molecule has 3 aromatic rings. The third kappa shape index (κ3) is 3.35. The minimum atomic E-state index is -0.549. The first-order valence-corrected chi connectivity index (χ1v) is 9.18. The van der Waals surface area contributed by atoms with Crippen molar-refractivity contribution in [2.24, 2.45) is 14.1 Å².